The van der Waals surface area contributed by atoms with Crippen LogP contribution in [0.2, 0.25) is 0 Å². The zero-order valence-electron chi connectivity index (χ0n) is 9.73. The summed E-state index contributed by atoms with van der Waals surface area (Å²) < 4.78 is 32.0. The second-order valence-corrected chi connectivity index (χ2v) is 5.24. The summed E-state index contributed by atoms with van der Waals surface area (Å²) in [6, 6.07) is 5.39. The molecule has 0 fully saturated rings. The lowest BCUT2D eigenvalue weighted by Gasteiger charge is -2.11. The largest absolute Gasteiger partial charge is 0.295 e. The first kappa shape index (κ1) is 13.2. The van der Waals surface area contributed by atoms with Gasteiger partial charge in [-0.15, -0.1) is 0 Å². The minimum absolute atomic E-state index is 0.124. The van der Waals surface area contributed by atoms with E-state index in [9.17, 15) is 13.0 Å². The number of hydrogen-bond donors (Lipinski definition) is 1. The van der Waals surface area contributed by atoms with Gasteiger partial charge in [-0.25, -0.2) is 0 Å². The van der Waals surface area contributed by atoms with E-state index in [-0.39, 0.29) is 4.90 Å². The molecule has 0 aliphatic carbocycles. The molecule has 0 saturated carbocycles. The van der Waals surface area contributed by atoms with Crippen LogP contribution in [0, 0.1) is 0 Å². The van der Waals surface area contributed by atoms with Crippen LogP contribution < -0.4 is 0 Å². The van der Waals surface area contributed by atoms with E-state index in [4.69, 9.17) is 0 Å². The molecular weight excluding hydrogens is 224 g/mol. The van der Waals surface area contributed by atoms with Crippen molar-refractivity contribution in [2.75, 3.05) is 0 Å². The molecule has 16 heavy (non-hydrogen) atoms. The smallest absolute Gasteiger partial charge is 0.282 e. The van der Waals surface area contributed by atoms with Crippen LogP contribution in [0.15, 0.2) is 23.1 Å². The van der Waals surface area contributed by atoms with Crippen molar-refractivity contribution in [1.82, 2.24) is 0 Å². The number of hydrogen-bond acceptors (Lipinski definition) is 2. The predicted molar refractivity (Wildman–Crippen MR) is 64.2 cm³/mol. The lowest BCUT2D eigenvalue weighted by atomic mass is 10.0. The van der Waals surface area contributed by atoms with E-state index in [1.54, 1.807) is 12.1 Å². The first-order chi connectivity index (χ1) is 7.50. The van der Waals surface area contributed by atoms with Crippen LogP contribution in [0.1, 0.15) is 37.8 Å². The Morgan fingerprint density at radius 2 is 1.50 bits per heavy atom. The van der Waals surface area contributed by atoms with Crippen molar-refractivity contribution in [3.05, 3.63) is 29.3 Å². The summed E-state index contributed by atoms with van der Waals surface area (Å²) in [5, 5.41) is 0. The molecule has 90 valence electrons. The molecule has 0 bridgehead atoms. The Bertz CT molecular complexity index is 425. The van der Waals surface area contributed by atoms with E-state index in [0.717, 1.165) is 24.0 Å². The molecule has 0 saturated heterocycles. The summed E-state index contributed by atoms with van der Waals surface area (Å²) in [4.78, 5) is 0.124. The van der Waals surface area contributed by atoms with Gasteiger partial charge >= 0.3 is 0 Å². The second-order valence-electron chi connectivity index (χ2n) is 3.88. The van der Waals surface area contributed by atoms with Crippen molar-refractivity contribution >= 4 is 10.1 Å². The molecule has 0 atom stereocenters. The molecule has 1 aromatic carbocycles. The van der Waals surface area contributed by atoms with Crippen molar-refractivity contribution < 1.29 is 13.0 Å². The summed E-state index contributed by atoms with van der Waals surface area (Å²) in [5.74, 6) is 0. The number of aryl methyl sites for hydroxylation is 2. The fourth-order valence-corrected chi connectivity index (χ4v) is 2.90. The third kappa shape index (κ3) is 3.06. The molecule has 1 rings (SSSR count). The minimum Gasteiger partial charge on any atom is -0.282 e. The highest BCUT2D eigenvalue weighted by atomic mass is 32.2. The van der Waals surface area contributed by atoms with Gasteiger partial charge in [0.1, 0.15) is 4.90 Å². The lowest BCUT2D eigenvalue weighted by molar-refractivity contribution is 0.480. The molecule has 3 nitrogen and oxygen atoms in total. The molecule has 0 amide bonds. The van der Waals surface area contributed by atoms with Gasteiger partial charge in [0.25, 0.3) is 10.1 Å². The van der Waals surface area contributed by atoms with E-state index in [2.05, 4.69) is 0 Å². The zero-order chi connectivity index (χ0) is 12.2. The van der Waals surface area contributed by atoms with Gasteiger partial charge in [0, 0.05) is 0 Å². The number of rotatable bonds is 5. The SMILES string of the molecule is CCCc1cccc(CCC)c1S(=O)(=O)O. The highest BCUT2D eigenvalue weighted by Gasteiger charge is 2.18. The normalized spacial score (nSPS) is 11.7. The van der Waals surface area contributed by atoms with Crippen LogP contribution in [0.4, 0.5) is 0 Å². The van der Waals surface area contributed by atoms with Crippen LogP contribution in [-0.4, -0.2) is 13.0 Å². The van der Waals surface area contributed by atoms with Crippen LogP contribution in [0.5, 0.6) is 0 Å². The third-order valence-corrected chi connectivity index (χ3v) is 3.52. The van der Waals surface area contributed by atoms with E-state index >= 15 is 0 Å². The first-order valence-electron chi connectivity index (χ1n) is 5.59. The van der Waals surface area contributed by atoms with Crippen molar-refractivity contribution in [3.63, 3.8) is 0 Å². The molecular formula is C12H18O3S. The molecule has 0 unspecified atom stereocenters. The van der Waals surface area contributed by atoms with Gasteiger partial charge in [-0.2, -0.15) is 8.42 Å². The maximum absolute atomic E-state index is 11.4. The Morgan fingerprint density at radius 3 is 1.81 bits per heavy atom. The summed E-state index contributed by atoms with van der Waals surface area (Å²) in [6.45, 7) is 3.97. The Hall–Kier alpha value is -0.870. The fourth-order valence-electron chi connectivity index (χ4n) is 1.90. The van der Waals surface area contributed by atoms with Gasteiger partial charge in [-0.3, -0.25) is 4.55 Å². The van der Waals surface area contributed by atoms with Gasteiger partial charge < -0.3 is 0 Å². The maximum atomic E-state index is 11.4. The summed E-state index contributed by atoms with van der Waals surface area (Å²) in [6.07, 6.45) is 3.07. The standard InChI is InChI=1S/C12H18O3S/c1-3-6-10-8-5-9-11(7-4-2)12(10)16(13,14)15/h5,8-9H,3-4,6-7H2,1-2H3,(H,13,14,15). The van der Waals surface area contributed by atoms with Crippen LogP contribution >= 0.6 is 0 Å². The highest BCUT2D eigenvalue weighted by Crippen LogP contribution is 2.23. The highest BCUT2D eigenvalue weighted by molar-refractivity contribution is 7.86. The summed E-state index contributed by atoms with van der Waals surface area (Å²) in [5.41, 5.74) is 1.44. The maximum Gasteiger partial charge on any atom is 0.295 e. The zero-order valence-corrected chi connectivity index (χ0v) is 10.5. The molecule has 0 aliphatic rings. The van der Waals surface area contributed by atoms with Gasteiger partial charge in [-0.05, 0) is 24.0 Å². The molecule has 0 aliphatic heterocycles. The Labute approximate surface area is 97.2 Å². The monoisotopic (exact) mass is 242 g/mol. The van der Waals surface area contributed by atoms with Crippen LogP contribution in [0.3, 0.4) is 0 Å². The first-order valence-corrected chi connectivity index (χ1v) is 7.03. The average Bonchev–Trinajstić information content (AvgIpc) is 2.17. The quantitative estimate of drug-likeness (QED) is 0.808. The third-order valence-electron chi connectivity index (χ3n) is 2.47. The minimum atomic E-state index is -4.11. The van der Waals surface area contributed by atoms with Crippen LogP contribution in [-0.2, 0) is 23.0 Å². The van der Waals surface area contributed by atoms with Crippen molar-refractivity contribution in [3.8, 4) is 0 Å². The Morgan fingerprint density at radius 1 is 1.06 bits per heavy atom. The molecule has 4 heteroatoms. The second kappa shape index (κ2) is 5.46. The molecule has 1 N–H and O–H groups in total. The molecule has 0 heterocycles. The van der Waals surface area contributed by atoms with Crippen molar-refractivity contribution in [2.24, 2.45) is 0 Å². The Balaban J connectivity index is 3.35. The van der Waals surface area contributed by atoms with Crippen LogP contribution in [0.25, 0.3) is 0 Å². The predicted octanol–water partition coefficient (Wildman–Crippen LogP) is 2.84. The van der Waals surface area contributed by atoms with E-state index in [1.807, 2.05) is 19.9 Å². The van der Waals surface area contributed by atoms with Gasteiger partial charge in [0.05, 0.1) is 0 Å². The molecule has 0 aromatic heterocycles. The van der Waals surface area contributed by atoms with E-state index < -0.39 is 10.1 Å². The van der Waals surface area contributed by atoms with Crippen molar-refractivity contribution in [1.29, 1.82) is 0 Å². The van der Waals surface area contributed by atoms with E-state index in [0.29, 0.717) is 12.8 Å². The van der Waals surface area contributed by atoms with Gasteiger partial charge in [0.15, 0.2) is 0 Å². The molecule has 0 radical (unpaired) electrons. The fraction of sp³-hybridized carbons (Fsp3) is 0.500. The topological polar surface area (TPSA) is 54.4 Å². The lowest BCUT2D eigenvalue weighted by Crippen LogP contribution is -2.07. The van der Waals surface area contributed by atoms with Gasteiger partial charge in [-0.1, -0.05) is 44.9 Å². The van der Waals surface area contributed by atoms with Crippen molar-refractivity contribution in [2.45, 2.75) is 44.4 Å². The van der Waals surface area contributed by atoms with E-state index in [1.165, 1.54) is 0 Å². The Kier molecular flexibility index (Phi) is 4.50. The molecule has 0 spiro atoms. The average molecular weight is 242 g/mol. The summed E-state index contributed by atoms with van der Waals surface area (Å²) >= 11 is 0. The molecule has 1 aromatic rings. The van der Waals surface area contributed by atoms with Gasteiger partial charge in [0.2, 0.25) is 0 Å². The number of benzene rings is 1. The summed E-state index contributed by atoms with van der Waals surface area (Å²) in [7, 11) is -4.11.